The molecule has 2 N–H and O–H groups in total. The number of H-pyrrole nitrogens is 1. The van der Waals surface area contributed by atoms with Crippen molar-refractivity contribution in [2.24, 2.45) is 0 Å². The largest absolute Gasteiger partial charge is 0.481 e. The molecule has 0 fully saturated rings. The molecule has 0 aliphatic rings. The number of aromatic amines is 1. The Morgan fingerprint density at radius 2 is 2.19 bits per heavy atom. The Morgan fingerprint density at radius 3 is 2.90 bits per heavy atom. The average molecular weight is 285 g/mol. The van der Waals surface area contributed by atoms with Gasteiger partial charge in [0.2, 0.25) is 5.88 Å². The first-order valence-electron chi connectivity index (χ1n) is 6.10. The summed E-state index contributed by atoms with van der Waals surface area (Å²) in [6, 6.07) is 8.09. The Hall–Kier alpha value is -3.09. The number of hydrogen-bond donors (Lipinski definition) is 2. The molecule has 0 aliphatic heterocycles. The van der Waals surface area contributed by atoms with Crippen LogP contribution in [0.4, 0.5) is 5.69 Å². The van der Waals surface area contributed by atoms with E-state index in [1.807, 2.05) is 0 Å². The van der Waals surface area contributed by atoms with Crippen LogP contribution < -0.4 is 15.8 Å². The van der Waals surface area contributed by atoms with Crippen molar-refractivity contribution in [1.29, 1.82) is 0 Å². The summed E-state index contributed by atoms with van der Waals surface area (Å²) in [6.45, 7) is 0. The molecule has 0 radical (unpaired) electrons. The molecule has 0 saturated heterocycles. The van der Waals surface area contributed by atoms with Crippen LogP contribution in [0.25, 0.3) is 11.1 Å². The highest BCUT2D eigenvalue weighted by Crippen LogP contribution is 2.17. The maximum Gasteiger partial charge on any atom is 0.417 e. The normalized spacial score (nSPS) is 10.5. The molecule has 7 heteroatoms. The van der Waals surface area contributed by atoms with Crippen molar-refractivity contribution in [2.45, 2.75) is 0 Å². The van der Waals surface area contributed by atoms with Gasteiger partial charge in [0.25, 0.3) is 5.91 Å². The summed E-state index contributed by atoms with van der Waals surface area (Å²) in [5.74, 6) is -0.410. The van der Waals surface area contributed by atoms with Gasteiger partial charge in [-0.05, 0) is 24.3 Å². The highest BCUT2D eigenvalue weighted by atomic mass is 16.5. The van der Waals surface area contributed by atoms with Gasteiger partial charge in [-0.15, -0.1) is 0 Å². The Balaban J connectivity index is 1.82. The van der Waals surface area contributed by atoms with Gasteiger partial charge >= 0.3 is 5.76 Å². The highest BCUT2D eigenvalue weighted by molar-refractivity contribution is 6.04. The molecule has 1 aromatic carbocycles. The number of rotatable bonds is 3. The van der Waals surface area contributed by atoms with Crippen molar-refractivity contribution >= 4 is 22.7 Å². The second-order valence-corrected chi connectivity index (χ2v) is 4.27. The lowest BCUT2D eigenvalue weighted by molar-refractivity contribution is 0.102. The summed E-state index contributed by atoms with van der Waals surface area (Å²) in [5, 5.41) is 2.71. The lowest BCUT2D eigenvalue weighted by atomic mass is 10.2. The zero-order chi connectivity index (χ0) is 14.8. The fourth-order valence-corrected chi connectivity index (χ4v) is 1.87. The fraction of sp³-hybridized carbons (Fsp3) is 0.0714. The molecule has 21 heavy (non-hydrogen) atoms. The van der Waals surface area contributed by atoms with Crippen molar-refractivity contribution in [3.63, 3.8) is 0 Å². The zero-order valence-electron chi connectivity index (χ0n) is 11.0. The smallest absolute Gasteiger partial charge is 0.417 e. The van der Waals surface area contributed by atoms with E-state index in [1.165, 1.54) is 13.3 Å². The van der Waals surface area contributed by atoms with Gasteiger partial charge in [0.15, 0.2) is 5.58 Å². The van der Waals surface area contributed by atoms with Gasteiger partial charge in [-0.25, -0.2) is 9.78 Å². The van der Waals surface area contributed by atoms with Gasteiger partial charge in [-0.2, -0.15) is 0 Å². The van der Waals surface area contributed by atoms with Gasteiger partial charge in [0.05, 0.1) is 18.2 Å². The molecule has 3 aromatic rings. The number of methoxy groups -OCH3 is 1. The van der Waals surface area contributed by atoms with Crippen molar-refractivity contribution in [2.75, 3.05) is 12.4 Å². The summed E-state index contributed by atoms with van der Waals surface area (Å²) in [7, 11) is 1.50. The number of nitrogens with one attached hydrogen (secondary N) is 2. The SMILES string of the molecule is COc1ccc(C(=O)Nc2ccc3oc(=O)[nH]c3c2)cn1. The van der Waals surface area contributed by atoms with Crippen molar-refractivity contribution in [3.05, 3.63) is 52.6 Å². The van der Waals surface area contributed by atoms with Crippen molar-refractivity contribution in [1.82, 2.24) is 9.97 Å². The predicted octanol–water partition coefficient (Wildman–Crippen LogP) is 1.78. The van der Waals surface area contributed by atoms with Crippen LogP contribution >= 0.6 is 0 Å². The topological polar surface area (TPSA) is 97.2 Å². The molecule has 3 rings (SSSR count). The minimum absolute atomic E-state index is 0.310. The standard InChI is InChI=1S/C14H11N3O4/c1-20-12-5-2-8(7-15-12)13(18)16-9-3-4-11-10(6-9)17-14(19)21-11/h2-7H,1H3,(H,16,18)(H,17,19). The Labute approximate surface area is 118 Å². The van der Waals surface area contributed by atoms with Crippen LogP contribution in [0.1, 0.15) is 10.4 Å². The van der Waals surface area contributed by atoms with Crippen LogP contribution in [-0.4, -0.2) is 23.0 Å². The summed E-state index contributed by atoms with van der Waals surface area (Å²) >= 11 is 0. The van der Waals surface area contributed by atoms with Gasteiger partial charge < -0.3 is 14.5 Å². The lowest BCUT2D eigenvalue weighted by Gasteiger charge is -2.05. The van der Waals surface area contributed by atoms with E-state index in [0.29, 0.717) is 28.2 Å². The van der Waals surface area contributed by atoms with E-state index in [1.54, 1.807) is 30.3 Å². The number of anilines is 1. The van der Waals surface area contributed by atoms with Crippen LogP contribution in [0.2, 0.25) is 0 Å². The molecule has 7 nitrogen and oxygen atoms in total. The number of amides is 1. The average Bonchev–Trinajstić information content (AvgIpc) is 2.86. The van der Waals surface area contributed by atoms with E-state index in [9.17, 15) is 9.59 Å². The number of benzene rings is 1. The zero-order valence-corrected chi connectivity index (χ0v) is 11.0. The minimum Gasteiger partial charge on any atom is -0.481 e. The quantitative estimate of drug-likeness (QED) is 0.764. The van der Waals surface area contributed by atoms with E-state index in [2.05, 4.69) is 15.3 Å². The molecule has 0 atom stereocenters. The number of aromatic nitrogens is 2. The first-order chi connectivity index (χ1) is 10.2. The Morgan fingerprint density at radius 1 is 1.33 bits per heavy atom. The third kappa shape index (κ3) is 2.62. The second-order valence-electron chi connectivity index (χ2n) is 4.27. The van der Waals surface area contributed by atoms with Crippen LogP contribution in [0.5, 0.6) is 5.88 Å². The molecule has 106 valence electrons. The molecular weight excluding hydrogens is 274 g/mol. The molecule has 0 spiro atoms. The summed E-state index contributed by atoms with van der Waals surface area (Å²) in [6.07, 6.45) is 1.42. The van der Waals surface area contributed by atoms with E-state index < -0.39 is 5.76 Å². The van der Waals surface area contributed by atoms with Gasteiger partial charge in [0.1, 0.15) is 0 Å². The number of pyridine rings is 1. The van der Waals surface area contributed by atoms with Crippen LogP contribution in [0.15, 0.2) is 45.7 Å². The Bertz CT molecular complexity index is 849. The molecule has 0 unspecified atom stereocenters. The van der Waals surface area contributed by atoms with Crippen LogP contribution in [0.3, 0.4) is 0 Å². The van der Waals surface area contributed by atoms with E-state index in [4.69, 9.17) is 9.15 Å². The summed E-state index contributed by atoms with van der Waals surface area (Å²) < 4.78 is 9.82. The van der Waals surface area contributed by atoms with Gasteiger partial charge in [-0.3, -0.25) is 9.78 Å². The molecule has 0 saturated carbocycles. The van der Waals surface area contributed by atoms with E-state index in [0.717, 1.165) is 0 Å². The number of oxazole rings is 1. The lowest BCUT2D eigenvalue weighted by Crippen LogP contribution is -2.12. The summed E-state index contributed by atoms with van der Waals surface area (Å²) in [5.41, 5.74) is 1.90. The third-order valence-corrected chi connectivity index (χ3v) is 2.88. The monoisotopic (exact) mass is 285 g/mol. The number of nitrogens with zero attached hydrogens (tertiary/aromatic N) is 1. The van der Waals surface area contributed by atoms with Crippen molar-refractivity contribution in [3.8, 4) is 5.88 Å². The predicted molar refractivity (Wildman–Crippen MR) is 75.6 cm³/mol. The molecule has 0 bridgehead atoms. The van der Waals surface area contributed by atoms with Crippen LogP contribution in [0, 0.1) is 0 Å². The number of ether oxygens (including phenoxy) is 1. The molecule has 1 amide bonds. The van der Waals surface area contributed by atoms with Crippen molar-refractivity contribution < 1.29 is 13.9 Å². The maximum absolute atomic E-state index is 12.1. The molecule has 2 heterocycles. The first-order valence-corrected chi connectivity index (χ1v) is 6.10. The third-order valence-electron chi connectivity index (χ3n) is 2.88. The summed E-state index contributed by atoms with van der Waals surface area (Å²) in [4.78, 5) is 29.6. The number of fused-ring (bicyclic) bond motifs is 1. The molecule has 0 aliphatic carbocycles. The van der Waals surface area contributed by atoms with E-state index in [-0.39, 0.29) is 5.91 Å². The molecule has 2 aromatic heterocycles. The number of carbonyl (C=O) groups is 1. The number of carbonyl (C=O) groups excluding carboxylic acids is 1. The fourth-order valence-electron chi connectivity index (χ4n) is 1.87. The maximum atomic E-state index is 12.1. The highest BCUT2D eigenvalue weighted by Gasteiger charge is 2.08. The number of hydrogen-bond acceptors (Lipinski definition) is 5. The van der Waals surface area contributed by atoms with E-state index >= 15 is 0 Å². The van der Waals surface area contributed by atoms with Gasteiger partial charge in [-0.1, -0.05) is 0 Å². The molecular formula is C14H11N3O4. The first kappa shape index (κ1) is 12.9. The second kappa shape index (κ2) is 5.12. The Kier molecular flexibility index (Phi) is 3.15. The van der Waals surface area contributed by atoms with Gasteiger partial charge in [0, 0.05) is 18.0 Å². The van der Waals surface area contributed by atoms with Crippen LogP contribution in [-0.2, 0) is 0 Å². The minimum atomic E-state index is -0.534.